The van der Waals surface area contributed by atoms with Crippen molar-refractivity contribution >= 4 is 5.69 Å². The van der Waals surface area contributed by atoms with Gasteiger partial charge in [0.1, 0.15) is 0 Å². The second-order valence-corrected chi connectivity index (χ2v) is 5.71. The summed E-state index contributed by atoms with van der Waals surface area (Å²) < 4.78 is 0. The van der Waals surface area contributed by atoms with E-state index in [1.165, 1.54) is 24.0 Å². The first-order chi connectivity index (χ1) is 8.56. The lowest BCUT2D eigenvalue weighted by molar-refractivity contribution is 0.349. The lowest BCUT2D eigenvalue weighted by atomic mass is 10.1. The maximum Gasteiger partial charge on any atom is 0.0328 e. The maximum absolute atomic E-state index is 5.83. The predicted molar refractivity (Wildman–Crippen MR) is 77.7 cm³/mol. The molecule has 0 saturated heterocycles. The van der Waals surface area contributed by atoms with Gasteiger partial charge in [-0.15, -0.1) is 0 Å². The molecule has 1 aromatic carbocycles. The second kappa shape index (κ2) is 5.72. The Bertz CT molecular complexity index is 401. The standard InChI is InChI=1S/C15H25N3/c1-11(8-9-18(2)3)17-15-7-4-12-10-13(16)5-6-14(12)15/h5-6,10-11,15,17H,4,7-9,16H2,1-3H3. The van der Waals surface area contributed by atoms with Crippen LogP contribution >= 0.6 is 0 Å². The fourth-order valence-electron chi connectivity index (χ4n) is 2.69. The highest BCUT2D eigenvalue weighted by Crippen LogP contribution is 2.32. The van der Waals surface area contributed by atoms with Crippen LogP contribution in [0.4, 0.5) is 5.69 Å². The molecule has 2 unspecified atom stereocenters. The minimum Gasteiger partial charge on any atom is -0.399 e. The second-order valence-electron chi connectivity index (χ2n) is 5.71. The van der Waals surface area contributed by atoms with Gasteiger partial charge in [0.25, 0.3) is 0 Å². The zero-order valence-corrected chi connectivity index (χ0v) is 11.7. The lowest BCUT2D eigenvalue weighted by Crippen LogP contribution is -2.32. The Morgan fingerprint density at radius 1 is 1.44 bits per heavy atom. The summed E-state index contributed by atoms with van der Waals surface area (Å²) in [4.78, 5) is 2.24. The molecule has 1 aromatic rings. The van der Waals surface area contributed by atoms with Crippen molar-refractivity contribution < 1.29 is 0 Å². The monoisotopic (exact) mass is 247 g/mol. The van der Waals surface area contributed by atoms with Crippen LogP contribution in [0.25, 0.3) is 0 Å². The number of rotatable bonds is 5. The van der Waals surface area contributed by atoms with Crippen molar-refractivity contribution in [3.8, 4) is 0 Å². The van der Waals surface area contributed by atoms with Gasteiger partial charge in [0.05, 0.1) is 0 Å². The van der Waals surface area contributed by atoms with Gasteiger partial charge < -0.3 is 16.0 Å². The number of fused-ring (bicyclic) bond motifs is 1. The van der Waals surface area contributed by atoms with Crippen molar-refractivity contribution in [2.75, 3.05) is 26.4 Å². The highest BCUT2D eigenvalue weighted by Gasteiger charge is 2.23. The molecule has 3 nitrogen and oxygen atoms in total. The van der Waals surface area contributed by atoms with Crippen molar-refractivity contribution in [1.82, 2.24) is 10.2 Å². The fourth-order valence-corrected chi connectivity index (χ4v) is 2.69. The molecule has 1 aliphatic rings. The van der Waals surface area contributed by atoms with Gasteiger partial charge in [-0.05, 0) is 70.1 Å². The number of hydrogen-bond donors (Lipinski definition) is 2. The minimum atomic E-state index is 0.512. The molecule has 0 aromatic heterocycles. The van der Waals surface area contributed by atoms with Crippen molar-refractivity contribution in [2.24, 2.45) is 0 Å². The summed E-state index contributed by atoms with van der Waals surface area (Å²) in [5, 5.41) is 3.74. The highest BCUT2D eigenvalue weighted by atomic mass is 15.1. The highest BCUT2D eigenvalue weighted by molar-refractivity contribution is 5.47. The predicted octanol–water partition coefficient (Wildman–Crippen LogP) is 2.19. The van der Waals surface area contributed by atoms with Gasteiger partial charge in [0.15, 0.2) is 0 Å². The van der Waals surface area contributed by atoms with Gasteiger partial charge in [-0.3, -0.25) is 0 Å². The summed E-state index contributed by atoms with van der Waals surface area (Å²) in [5.74, 6) is 0. The van der Waals surface area contributed by atoms with E-state index in [2.05, 4.69) is 43.4 Å². The molecule has 0 aliphatic heterocycles. The molecule has 0 saturated carbocycles. The average molecular weight is 247 g/mol. The van der Waals surface area contributed by atoms with Gasteiger partial charge in [-0.2, -0.15) is 0 Å². The zero-order chi connectivity index (χ0) is 13.1. The molecule has 18 heavy (non-hydrogen) atoms. The van der Waals surface area contributed by atoms with Gasteiger partial charge in [-0.25, -0.2) is 0 Å². The largest absolute Gasteiger partial charge is 0.399 e. The Labute approximate surface area is 110 Å². The summed E-state index contributed by atoms with van der Waals surface area (Å²) >= 11 is 0. The van der Waals surface area contributed by atoms with E-state index in [1.807, 2.05) is 6.07 Å². The number of hydrogen-bond acceptors (Lipinski definition) is 3. The van der Waals surface area contributed by atoms with Crippen LogP contribution in [0.15, 0.2) is 18.2 Å². The molecule has 0 bridgehead atoms. The van der Waals surface area contributed by atoms with Crippen molar-refractivity contribution in [3.05, 3.63) is 29.3 Å². The first-order valence-electron chi connectivity index (χ1n) is 6.85. The maximum atomic E-state index is 5.83. The molecular formula is C15H25N3. The fraction of sp³-hybridized carbons (Fsp3) is 0.600. The summed E-state index contributed by atoms with van der Waals surface area (Å²) in [7, 11) is 4.25. The summed E-state index contributed by atoms with van der Waals surface area (Å²) in [6.07, 6.45) is 3.54. The van der Waals surface area contributed by atoms with Crippen LogP contribution in [0.3, 0.4) is 0 Å². The summed E-state index contributed by atoms with van der Waals surface area (Å²) in [6, 6.07) is 7.40. The van der Waals surface area contributed by atoms with E-state index < -0.39 is 0 Å². The SMILES string of the molecule is CC(CCN(C)C)NC1CCc2cc(N)ccc21. The van der Waals surface area contributed by atoms with Crippen LogP contribution in [0.5, 0.6) is 0 Å². The molecule has 2 rings (SSSR count). The molecular weight excluding hydrogens is 222 g/mol. The third kappa shape index (κ3) is 3.24. The number of aryl methyl sites for hydroxylation is 1. The molecule has 1 aliphatic carbocycles. The Balaban J connectivity index is 1.93. The van der Waals surface area contributed by atoms with Crippen LogP contribution in [0.2, 0.25) is 0 Å². The van der Waals surface area contributed by atoms with Crippen LogP contribution in [0, 0.1) is 0 Å². The Morgan fingerprint density at radius 2 is 2.22 bits per heavy atom. The Morgan fingerprint density at radius 3 is 2.94 bits per heavy atom. The van der Waals surface area contributed by atoms with Crippen LogP contribution < -0.4 is 11.1 Å². The number of anilines is 1. The minimum absolute atomic E-state index is 0.512. The Hall–Kier alpha value is -1.06. The zero-order valence-electron chi connectivity index (χ0n) is 11.7. The molecule has 0 amide bonds. The average Bonchev–Trinajstić information content (AvgIpc) is 2.69. The van der Waals surface area contributed by atoms with Gasteiger partial charge >= 0.3 is 0 Å². The van der Waals surface area contributed by atoms with E-state index in [4.69, 9.17) is 5.73 Å². The van der Waals surface area contributed by atoms with Crippen LogP contribution in [0.1, 0.15) is 36.9 Å². The van der Waals surface area contributed by atoms with Gasteiger partial charge in [-0.1, -0.05) is 6.07 Å². The molecule has 100 valence electrons. The van der Waals surface area contributed by atoms with Gasteiger partial charge in [0, 0.05) is 17.8 Å². The normalized spacial score (nSPS) is 20.1. The number of nitrogens with two attached hydrogens (primary N) is 1. The third-order valence-corrected chi connectivity index (χ3v) is 3.74. The van der Waals surface area contributed by atoms with Crippen molar-refractivity contribution in [3.63, 3.8) is 0 Å². The number of nitrogens with zero attached hydrogens (tertiary/aromatic N) is 1. The third-order valence-electron chi connectivity index (χ3n) is 3.74. The topological polar surface area (TPSA) is 41.3 Å². The van der Waals surface area contributed by atoms with Crippen molar-refractivity contribution in [1.29, 1.82) is 0 Å². The molecule has 0 fully saturated rings. The molecule has 3 heteroatoms. The molecule has 0 radical (unpaired) electrons. The first kappa shape index (κ1) is 13.4. The van der Waals surface area contributed by atoms with Crippen molar-refractivity contribution in [2.45, 2.75) is 38.3 Å². The lowest BCUT2D eigenvalue weighted by Gasteiger charge is -2.22. The first-order valence-corrected chi connectivity index (χ1v) is 6.85. The van der Waals surface area contributed by atoms with E-state index in [1.54, 1.807) is 0 Å². The van der Waals surface area contributed by atoms with E-state index in [0.29, 0.717) is 12.1 Å². The van der Waals surface area contributed by atoms with Gasteiger partial charge in [0.2, 0.25) is 0 Å². The van der Waals surface area contributed by atoms with E-state index >= 15 is 0 Å². The number of benzene rings is 1. The summed E-state index contributed by atoms with van der Waals surface area (Å²) in [6.45, 7) is 3.41. The molecule has 0 heterocycles. The smallest absolute Gasteiger partial charge is 0.0328 e. The number of nitrogen functional groups attached to an aromatic ring is 1. The van der Waals surface area contributed by atoms with Crippen LogP contribution in [-0.4, -0.2) is 31.6 Å². The molecule has 0 spiro atoms. The number of nitrogens with one attached hydrogen (secondary N) is 1. The quantitative estimate of drug-likeness (QED) is 0.784. The molecule has 2 atom stereocenters. The summed E-state index contributed by atoms with van der Waals surface area (Å²) in [5.41, 5.74) is 9.59. The Kier molecular flexibility index (Phi) is 4.25. The van der Waals surface area contributed by atoms with E-state index in [0.717, 1.165) is 18.7 Å². The van der Waals surface area contributed by atoms with E-state index in [9.17, 15) is 0 Å². The molecule has 3 N–H and O–H groups in total. The van der Waals surface area contributed by atoms with E-state index in [-0.39, 0.29) is 0 Å². The van der Waals surface area contributed by atoms with Crippen LogP contribution in [-0.2, 0) is 6.42 Å².